The molecule has 0 bridgehead atoms. The Labute approximate surface area is 96.9 Å². The van der Waals surface area contributed by atoms with Gasteiger partial charge in [-0.05, 0) is 25.2 Å². The van der Waals surface area contributed by atoms with E-state index in [2.05, 4.69) is 31.9 Å². The fourth-order valence-electron chi connectivity index (χ4n) is 1.39. The molecule has 0 saturated heterocycles. The third kappa shape index (κ3) is 4.59. The second kappa shape index (κ2) is 5.50. The minimum absolute atomic E-state index is 0.225. The van der Waals surface area contributed by atoms with Crippen LogP contribution in [0.25, 0.3) is 0 Å². The van der Waals surface area contributed by atoms with Gasteiger partial charge in [0.25, 0.3) is 0 Å². The molecule has 1 aliphatic carbocycles. The molecule has 1 aliphatic rings. The summed E-state index contributed by atoms with van der Waals surface area (Å²) in [6.07, 6.45) is 4.32. The van der Waals surface area contributed by atoms with E-state index in [-0.39, 0.29) is 5.92 Å². The molecule has 1 saturated carbocycles. The zero-order valence-corrected chi connectivity index (χ0v) is 11.1. The van der Waals surface area contributed by atoms with E-state index in [4.69, 9.17) is 0 Å². The first-order valence-corrected chi connectivity index (χ1v) is 6.90. The molecule has 0 spiro atoms. The molecule has 0 amide bonds. The molecule has 0 heterocycles. The number of carbonyl (C=O) groups excluding carboxylic acids is 1. The Kier molecular flexibility index (Phi) is 4.95. The van der Waals surface area contributed by atoms with Gasteiger partial charge in [-0.25, -0.2) is 0 Å². The summed E-state index contributed by atoms with van der Waals surface area (Å²) in [5, 5.41) is 0.925. The lowest BCUT2D eigenvalue weighted by molar-refractivity contribution is -0.122. The monoisotopic (exact) mass is 310 g/mol. The second-order valence-electron chi connectivity index (χ2n) is 4.00. The van der Waals surface area contributed by atoms with Crippen LogP contribution in [0.1, 0.15) is 32.6 Å². The van der Waals surface area contributed by atoms with Crippen molar-refractivity contribution in [3.8, 4) is 0 Å². The standard InChI is InChI=1S/C10H16Br2O/c1-7(4-9(12)6-11)10(13)5-8-2-3-8/h7-9H,2-6H2,1H3/t7-,9?/m1/s1. The van der Waals surface area contributed by atoms with Crippen LogP contribution in [0.4, 0.5) is 0 Å². The van der Waals surface area contributed by atoms with Gasteiger partial charge in [-0.2, -0.15) is 0 Å². The quantitative estimate of drug-likeness (QED) is 0.686. The SMILES string of the molecule is C[C@H](CC(Br)CBr)C(=O)CC1CC1. The zero-order chi connectivity index (χ0) is 9.84. The second-order valence-corrected chi connectivity index (χ2v) is 5.94. The lowest BCUT2D eigenvalue weighted by atomic mass is 9.97. The normalized spacial score (nSPS) is 21.2. The zero-order valence-electron chi connectivity index (χ0n) is 7.93. The van der Waals surface area contributed by atoms with Gasteiger partial charge in [0.15, 0.2) is 0 Å². The highest BCUT2D eigenvalue weighted by Gasteiger charge is 2.27. The largest absolute Gasteiger partial charge is 0.299 e. The molecule has 76 valence electrons. The van der Waals surface area contributed by atoms with Crippen molar-refractivity contribution in [1.29, 1.82) is 0 Å². The van der Waals surface area contributed by atoms with E-state index in [9.17, 15) is 4.79 Å². The molecule has 1 nitrogen and oxygen atoms in total. The molecule has 1 unspecified atom stereocenters. The molecule has 0 aromatic rings. The summed E-state index contributed by atoms with van der Waals surface area (Å²) in [5.41, 5.74) is 0. The van der Waals surface area contributed by atoms with Gasteiger partial charge in [-0.3, -0.25) is 4.79 Å². The van der Waals surface area contributed by atoms with Crippen LogP contribution in [0.3, 0.4) is 0 Å². The summed E-state index contributed by atoms with van der Waals surface area (Å²) in [6, 6.07) is 0. The Morgan fingerprint density at radius 1 is 1.54 bits per heavy atom. The van der Waals surface area contributed by atoms with Crippen molar-refractivity contribution < 1.29 is 4.79 Å². The number of hydrogen-bond acceptors (Lipinski definition) is 1. The maximum Gasteiger partial charge on any atom is 0.136 e. The molecule has 1 rings (SSSR count). The maximum atomic E-state index is 11.6. The van der Waals surface area contributed by atoms with Gasteiger partial charge in [-0.1, -0.05) is 38.8 Å². The first-order chi connectivity index (χ1) is 6.13. The fourth-order valence-corrected chi connectivity index (χ4v) is 2.21. The number of Topliss-reactive ketones (excluding diaryl/α,β-unsaturated/α-hetero) is 1. The van der Waals surface area contributed by atoms with Gasteiger partial charge >= 0.3 is 0 Å². The third-order valence-electron chi connectivity index (χ3n) is 2.51. The Morgan fingerprint density at radius 2 is 2.15 bits per heavy atom. The Bertz CT molecular complexity index is 178. The summed E-state index contributed by atoms with van der Waals surface area (Å²) in [4.78, 5) is 12.0. The van der Waals surface area contributed by atoms with Crippen LogP contribution in [0.15, 0.2) is 0 Å². The highest BCUT2D eigenvalue weighted by molar-refractivity contribution is 9.12. The molecule has 0 N–H and O–H groups in total. The van der Waals surface area contributed by atoms with E-state index in [1.54, 1.807) is 0 Å². The lowest BCUT2D eigenvalue weighted by Crippen LogP contribution is -2.16. The van der Waals surface area contributed by atoms with E-state index < -0.39 is 0 Å². The van der Waals surface area contributed by atoms with Crippen molar-refractivity contribution in [2.75, 3.05) is 5.33 Å². The van der Waals surface area contributed by atoms with E-state index in [1.807, 2.05) is 6.92 Å². The van der Waals surface area contributed by atoms with E-state index in [1.165, 1.54) is 12.8 Å². The molecule has 1 fully saturated rings. The number of hydrogen-bond donors (Lipinski definition) is 0. The van der Waals surface area contributed by atoms with E-state index in [0.717, 1.165) is 24.1 Å². The third-order valence-corrected chi connectivity index (χ3v) is 4.86. The summed E-state index contributed by atoms with van der Waals surface area (Å²) in [6.45, 7) is 2.04. The Balaban J connectivity index is 2.19. The molecule has 3 heteroatoms. The van der Waals surface area contributed by atoms with Gasteiger partial charge in [0.1, 0.15) is 5.78 Å². The van der Waals surface area contributed by atoms with Gasteiger partial charge in [0, 0.05) is 22.5 Å². The summed E-state index contributed by atoms with van der Waals surface area (Å²) >= 11 is 6.93. The highest BCUT2D eigenvalue weighted by Crippen LogP contribution is 2.34. The average Bonchev–Trinajstić information content (AvgIpc) is 2.87. The lowest BCUT2D eigenvalue weighted by Gasteiger charge is -2.12. The molecule has 0 aromatic heterocycles. The highest BCUT2D eigenvalue weighted by atomic mass is 79.9. The molecule has 2 atom stereocenters. The predicted molar refractivity (Wildman–Crippen MR) is 62.6 cm³/mol. The van der Waals surface area contributed by atoms with Gasteiger partial charge < -0.3 is 0 Å². The summed E-state index contributed by atoms with van der Waals surface area (Å²) in [5.74, 6) is 1.41. The molecular weight excluding hydrogens is 296 g/mol. The molecule has 0 aliphatic heterocycles. The van der Waals surface area contributed by atoms with Crippen molar-refractivity contribution in [2.45, 2.75) is 37.4 Å². The molecule has 0 aromatic carbocycles. The van der Waals surface area contributed by atoms with Gasteiger partial charge in [0.2, 0.25) is 0 Å². The number of carbonyl (C=O) groups is 1. The van der Waals surface area contributed by atoms with Crippen LogP contribution in [0.2, 0.25) is 0 Å². The molecular formula is C10H16Br2O. The number of halogens is 2. The average molecular weight is 312 g/mol. The van der Waals surface area contributed by atoms with Crippen molar-refractivity contribution >= 4 is 37.6 Å². The number of alkyl halides is 2. The topological polar surface area (TPSA) is 17.1 Å². The maximum absolute atomic E-state index is 11.6. The van der Waals surface area contributed by atoms with Crippen molar-refractivity contribution in [3.05, 3.63) is 0 Å². The van der Waals surface area contributed by atoms with Crippen LogP contribution in [0.5, 0.6) is 0 Å². The van der Waals surface area contributed by atoms with Crippen LogP contribution < -0.4 is 0 Å². The number of ketones is 1. The fraction of sp³-hybridized carbons (Fsp3) is 0.900. The minimum atomic E-state index is 0.225. The molecule has 13 heavy (non-hydrogen) atoms. The number of rotatable bonds is 6. The smallest absolute Gasteiger partial charge is 0.136 e. The van der Waals surface area contributed by atoms with Crippen LogP contribution in [-0.4, -0.2) is 15.9 Å². The Morgan fingerprint density at radius 3 is 2.62 bits per heavy atom. The van der Waals surface area contributed by atoms with Crippen LogP contribution in [0, 0.1) is 11.8 Å². The van der Waals surface area contributed by atoms with E-state index in [0.29, 0.717) is 10.6 Å². The summed E-state index contributed by atoms with van der Waals surface area (Å²) < 4.78 is 0. The van der Waals surface area contributed by atoms with Crippen LogP contribution >= 0.6 is 31.9 Å². The van der Waals surface area contributed by atoms with Gasteiger partial charge in [0.05, 0.1) is 0 Å². The van der Waals surface area contributed by atoms with E-state index >= 15 is 0 Å². The van der Waals surface area contributed by atoms with Crippen molar-refractivity contribution in [3.63, 3.8) is 0 Å². The van der Waals surface area contributed by atoms with Crippen LogP contribution in [-0.2, 0) is 4.79 Å². The first kappa shape index (κ1) is 11.7. The van der Waals surface area contributed by atoms with Crippen molar-refractivity contribution in [2.24, 2.45) is 11.8 Å². The summed E-state index contributed by atoms with van der Waals surface area (Å²) in [7, 11) is 0. The predicted octanol–water partition coefficient (Wildman–Crippen LogP) is 3.54. The first-order valence-electron chi connectivity index (χ1n) is 4.86. The minimum Gasteiger partial charge on any atom is -0.299 e. The van der Waals surface area contributed by atoms with Crippen molar-refractivity contribution in [1.82, 2.24) is 0 Å². The Hall–Kier alpha value is 0.630. The van der Waals surface area contributed by atoms with Gasteiger partial charge in [-0.15, -0.1) is 0 Å². The molecule has 0 radical (unpaired) electrons.